The summed E-state index contributed by atoms with van der Waals surface area (Å²) < 4.78 is 0.990. The molecule has 2 aromatic rings. The van der Waals surface area contributed by atoms with Gasteiger partial charge in [0.15, 0.2) is 5.96 Å². The van der Waals surface area contributed by atoms with Crippen molar-refractivity contribution in [1.82, 2.24) is 26.3 Å². The third-order valence-corrected chi connectivity index (χ3v) is 6.42. The number of allylic oxidation sites excluding steroid dienone is 1. The molecule has 1 aromatic heterocycles. The van der Waals surface area contributed by atoms with Gasteiger partial charge in [-0.2, -0.15) is 5.26 Å². The molecule has 2 aliphatic rings. The number of aliphatic imine (C=N–C) groups is 1. The summed E-state index contributed by atoms with van der Waals surface area (Å²) in [5.74, 6) is 1.46. The molecule has 0 radical (unpaired) electrons. The van der Waals surface area contributed by atoms with Crippen molar-refractivity contribution in [1.29, 1.82) is 5.26 Å². The second-order valence-electron chi connectivity index (χ2n) is 7.96. The molecular weight excluding hydrogens is 527 g/mol. The first-order valence-electron chi connectivity index (χ1n) is 10.8. The van der Waals surface area contributed by atoms with Crippen LogP contribution in [0, 0.1) is 18.3 Å². The lowest BCUT2D eigenvalue weighted by atomic mass is 9.92. The van der Waals surface area contributed by atoms with Crippen molar-refractivity contribution in [2.24, 2.45) is 4.99 Å². The number of hydrogen-bond acceptors (Lipinski definition) is 6. The predicted molar refractivity (Wildman–Crippen MR) is 140 cm³/mol. The van der Waals surface area contributed by atoms with Gasteiger partial charge in [-0.05, 0) is 42.7 Å². The predicted octanol–water partition coefficient (Wildman–Crippen LogP) is 3.16. The van der Waals surface area contributed by atoms with Crippen LogP contribution in [0.4, 0.5) is 5.82 Å². The van der Waals surface area contributed by atoms with Gasteiger partial charge in [-0.25, -0.2) is 4.98 Å². The summed E-state index contributed by atoms with van der Waals surface area (Å²) in [6.07, 6.45) is 5.62. The van der Waals surface area contributed by atoms with Gasteiger partial charge in [0.05, 0.1) is 18.2 Å². The van der Waals surface area contributed by atoms with Crippen molar-refractivity contribution in [3.63, 3.8) is 0 Å². The van der Waals surface area contributed by atoms with E-state index in [1.807, 2.05) is 12.4 Å². The number of aryl methyl sites for hydroxylation is 1. The lowest BCUT2D eigenvalue weighted by Gasteiger charge is -2.33. The fraction of sp³-hybridized carbons (Fsp3) is 0.292. The highest BCUT2D eigenvalue weighted by atomic mass is 127. The van der Waals surface area contributed by atoms with Gasteiger partial charge in [0, 0.05) is 40.8 Å². The molecule has 0 fully saturated rings. The maximum absolute atomic E-state index is 8.88. The Labute approximate surface area is 207 Å². The van der Waals surface area contributed by atoms with Crippen molar-refractivity contribution >= 4 is 34.4 Å². The molecule has 170 valence electrons. The van der Waals surface area contributed by atoms with Crippen LogP contribution in [0.5, 0.6) is 0 Å². The Bertz CT molecular complexity index is 1130. The van der Waals surface area contributed by atoms with E-state index in [1.54, 1.807) is 18.3 Å². The van der Waals surface area contributed by atoms with Crippen LogP contribution in [-0.2, 0) is 4.43 Å². The molecule has 8 nitrogen and oxygen atoms in total. The van der Waals surface area contributed by atoms with Crippen molar-refractivity contribution in [2.45, 2.75) is 30.5 Å². The molecule has 0 saturated heterocycles. The zero-order valence-electron chi connectivity index (χ0n) is 18.6. The van der Waals surface area contributed by atoms with Crippen molar-refractivity contribution in [3.8, 4) is 6.07 Å². The number of rotatable bonds is 7. The molecule has 0 amide bonds. The maximum atomic E-state index is 8.88. The van der Waals surface area contributed by atoms with Crippen molar-refractivity contribution < 1.29 is 0 Å². The fourth-order valence-electron chi connectivity index (χ4n) is 3.86. The van der Waals surface area contributed by atoms with E-state index in [4.69, 9.17) is 10.3 Å². The summed E-state index contributed by atoms with van der Waals surface area (Å²) >= 11 is 2.40. The monoisotopic (exact) mass is 554 g/mol. The van der Waals surface area contributed by atoms with Crippen LogP contribution in [0.1, 0.15) is 35.2 Å². The van der Waals surface area contributed by atoms with Crippen molar-refractivity contribution in [2.75, 3.05) is 18.4 Å². The Kier molecular flexibility index (Phi) is 7.34. The molecule has 0 saturated carbocycles. The van der Waals surface area contributed by atoms with Crippen LogP contribution >= 0.6 is 22.6 Å². The quantitative estimate of drug-likeness (QED) is 0.203. The molecule has 2 unspecified atom stereocenters. The average Bonchev–Trinajstić information content (AvgIpc) is 3.28. The Morgan fingerprint density at radius 3 is 2.73 bits per heavy atom. The van der Waals surface area contributed by atoms with Crippen molar-refractivity contribution in [3.05, 3.63) is 82.5 Å². The van der Waals surface area contributed by atoms with Crippen LogP contribution in [0.15, 0.2) is 65.2 Å². The number of aromatic nitrogens is 1. The van der Waals surface area contributed by atoms with E-state index in [9.17, 15) is 0 Å². The zero-order valence-corrected chi connectivity index (χ0v) is 20.8. The number of anilines is 1. The van der Waals surface area contributed by atoms with Gasteiger partial charge in [0.25, 0.3) is 0 Å². The van der Waals surface area contributed by atoms with Crippen LogP contribution in [0.2, 0.25) is 0 Å². The number of benzene rings is 1. The van der Waals surface area contributed by atoms with Crippen LogP contribution in [0.3, 0.4) is 0 Å². The Balaban J connectivity index is 1.47. The molecule has 0 bridgehead atoms. The summed E-state index contributed by atoms with van der Waals surface area (Å²) in [6, 6.07) is 12.3. The Morgan fingerprint density at radius 1 is 1.18 bits per heavy atom. The minimum absolute atomic E-state index is 0.00860. The lowest BCUT2D eigenvalue weighted by molar-refractivity contribution is 0.549. The molecule has 2 atom stereocenters. The molecule has 4 rings (SSSR count). The average molecular weight is 554 g/mol. The van der Waals surface area contributed by atoms with Gasteiger partial charge in [-0.15, -0.1) is 0 Å². The standard InChI is InChI=1S/C24H27IN8/c1-15-9-17(10-25)3-5-19(15)22-20(23-30-12-16(2)32-23)14-31-24(33-22)28-8-7-27-21-6-4-18(11-26)13-29-21/h3-6,9,12-14,22-23,30,32H,7-8,10H2,1-2H3,(H,27,29)(H2,28,31,33). The van der Waals surface area contributed by atoms with Gasteiger partial charge in [0.2, 0.25) is 0 Å². The van der Waals surface area contributed by atoms with Crippen LogP contribution in [-0.4, -0.2) is 30.2 Å². The minimum Gasteiger partial charge on any atom is -0.368 e. The molecule has 9 heteroatoms. The first-order valence-corrected chi connectivity index (χ1v) is 12.3. The summed E-state index contributed by atoms with van der Waals surface area (Å²) in [7, 11) is 0. The van der Waals surface area contributed by atoms with E-state index in [0.29, 0.717) is 18.7 Å². The SMILES string of the molecule is CC1=CNC(C2=CNC(=NCCNc3ccc(C#N)cn3)NC2c2ccc(CI)cc2C)N1. The number of guanidine groups is 1. The first kappa shape index (κ1) is 22.9. The number of hydrogen-bond donors (Lipinski definition) is 5. The molecule has 33 heavy (non-hydrogen) atoms. The van der Waals surface area contributed by atoms with Crippen LogP contribution in [0.25, 0.3) is 0 Å². The van der Waals surface area contributed by atoms with E-state index in [-0.39, 0.29) is 12.2 Å². The van der Waals surface area contributed by atoms with E-state index in [1.165, 1.54) is 22.3 Å². The number of nitrogens with zero attached hydrogens (tertiary/aromatic N) is 3. The van der Waals surface area contributed by atoms with E-state index < -0.39 is 0 Å². The maximum Gasteiger partial charge on any atom is 0.196 e. The smallest absolute Gasteiger partial charge is 0.196 e. The first-order chi connectivity index (χ1) is 16.1. The number of pyridine rings is 1. The molecule has 5 N–H and O–H groups in total. The van der Waals surface area contributed by atoms with Crippen LogP contribution < -0.4 is 26.6 Å². The number of nitrogens with one attached hydrogen (secondary N) is 5. The van der Waals surface area contributed by atoms with E-state index >= 15 is 0 Å². The van der Waals surface area contributed by atoms with Gasteiger partial charge in [0.1, 0.15) is 18.1 Å². The topological polar surface area (TPSA) is 109 Å². The highest BCUT2D eigenvalue weighted by molar-refractivity contribution is 14.1. The fourth-order valence-corrected chi connectivity index (χ4v) is 4.33. The third-order valence-electron chi connectivity index (χ3n) is 5.54. The molecule has 1 aromatic carbocycles. The summed E-state index contributed by atoms with van der Waals surface area (Å²) in [6.45, 7) is 5.41. The Hall–Kier alpha value is -3.26. The third kappa shape index (κ3) is 5.57. The lowest BCUT2D eigenvalue weighted by Crippen LogP contribution is -2.48. The van der Waals surface area contributed by atoms with Gasteiger partial charge in [-0.1, -0.05) is 40.8 Å². The highest BCUT2D eigenvalue weighted by Crippen LogP contribution is 2.30. The second-order valence-corrected chi connectivity index (χ2v) is 8.73. The second kappa shape index (κ2) is 10.6. The number of halogens is 1. The molecular formula is C24H27IN8. The van der Waals surface area contributed by atoms with Gasteiger partial charge >= 0.3 is 0 Å². The minimum atomic E-state index is -0.00860. The Morgan fingerprint density at radius 2 is 2.06 bits per heavy atom. The largest absolute Gasteiger partial charge is 0.368 e. The summed E-state index contributed by atoms with van der Waals surface area (Å²) in [5.41, 5.74) is 6.64. The highest BCUT2D eigenvalue weighted by Gasteiger charge is 2.30. The molecule has 2 aliphatic heterocycles. The molecule has 0 spiro atoms. The molecule has 0 aliphatic carbocycles. The van der Waals surface area contributed by atoms with E-state index in [2.05, 4.69) is 92.3 Å². The van der Waals surface area contributed by atoms with Gasteiger partial charge < -0.3 is 26.6 Å². The molecule has 3 heterocycles. The number of alkyl halides is 1. The summed E-state index contributed by atoms with van der Waals surface area (Å²) in [4.78, 5) is 8.93. The number of nitriles is 1. The normalized spacial score (nSPS) is 20.5. The van der Waals surface area contributed by atoms with E-state index in [0.717, 1.165) is 21.9 Å². The zero-order chi connectivity index (χ0) is 23.2. The summed E-state index contributed by atoms with van der Waals surface area (Å²) in [5, 5.41) is 25.9. The van der Waals surface area contributed by atoms with Gasteiger partial charge in [-0.3, -0.25) is 4.99 Å².